The summed E-state index contributed by atoms with van der Waals surface area (Å²) < 4.78 is 5.01. The van der Waals surface area contributed by atoms with Crippen LogP contribution in [0.5, 0.6) is 0 Å². The second-order valence-corrected chi connectivity index (χ2v) is 8.58. The lowest BCUT2D eigenvalue weighted by Gasteiger charge is -2.37. The molecule has 0 amide bonds. The zero-order valence-electron chi connectivity index (χ0n) is 17.0. The highest BCUT2D eigenvalue weighted by atomic mass is 32.1. The van der Waals surface area contributed by atoms with E-state index in [1.807, 2.05) is 12.1 Å². The predicted octanol–water partition coefficient (Wildman–Crippen LogP) is 5.81. The summed E-state index contributed by atoms with van der Waals surface area (Å²) in [5, 5.41) is 0. The Morgan fingerprint density at radius 1 is 1.14 bits per heavy atom. The van der Waals surface area contributed by atoms with Crippen molar-refractivity contribution in [3.63, 3.8) is 0 Å². The second kappa shape index (κ2) is 8.29. The molecule has 1 aliphatic rings. The molecule has 0 saturated carbocycles. The summed E-state index contributed by atoms with van der Waals surface area (Å²) in [5.74, 6) is 6.53. The number of carbonyl (C=O) groups is 1. The Bertz CT molecular complexity index is 958. The number of hydrogen-bond donors (Lipinski definition) is 0. The van der Waals surface area contributed by atoms with Crippen molar-refractivity contribution < 1.29 is 9.53 Å². The molecule has 0 bridgehead atoms. The molecule has 1 unspecified atom stereocenters. The average Bonchev–Trinajstić information content (AvgIpc) is 2.67. The van der Waals surface area contributed by atoms with Crippen LogP contribution < -0.4 is 0 Å². The second-order valence-electron chi connectivity index (χ2n) is 7.94. The molecular formula is C25H26O2S. The van der Waals surface area contributed by atoms with E-state index in [1.165, 1.54) is 11.1 Å². The summed E-state index contributed by atoms with van der Waals surface area (Å²) in [5.41, 5.74) is 5.27. The van der Waals surface area contributed by atoms with Crippen LogP contribution in [0, 0.1) is 11.8 Å². The number of esters is 1. The Morgan fingerprint density at radius 3 is 2.43 bits per heavy atom. The van der Waals surface area contributed by atoms with Crippen molar-refractivity contribution in [1.29, 1.82) is 0 Å². The highest BCUT2D eigenvalue weighted by Crippen LogP contribution is 2.43. The molecular weight excluding hydrogens is 364 g/mol. The van der Waals surface area contributed by atoms with Gasteiger partial charge in [0.15, 0.2) is 0 Å². The minimum Gasteiger partial charge on any atom is -0.462 e. The Balaban J connectivity index is 1.87. The lowest BCUT2D eigenvalue weighted by atomic mass is 9.68. The van der Waals surface area contributed by atoms with Crippen molar-refractivity contribution in [3.8, 4) is 11.8 Å². The van der Waals surface area contributed by atoms with Gasteiger partial charge in [0.25, 0.3) is 0 Å². The van der Waals surface area contributed by atoms with E-state index in [-0.39, 0.29) is 11.4 Å². The number of ether oxygens (including phenoxy) is 1. The molecule has 0 saturated heterocycles. The summed E-state index contributed by atoms with van der Waals surface area (Å²) in [6, 6.07) is 13.7. The molecule has 2 aromatic rings. The van der Waals surface area contributed by atoms with E-state index in [0.29, 0.717) is 18.1 Å². The van der Waals surface area contributed by atoms with Gasteiger partial charge < -0.3 is 4.74 Å². The molecule has 0 N–H and O–H groups in total. The molecule has 0 aliphatic heterocycles. The molecule has 1 aliphatic carbocycles. The van der Waals surface area contributed by atoms with Crippen molar-refractivity contribution in [2.24, 2.45) is 0 Å². The van der Waals surface area contributed by atoms with Gasteiger partial charge in [-0.2, -0.15) is 0 Å². The molecule has 3 rings (SSSR count). The van der Waals surface area contributed by atoms with Crippen LogP contribution in [0.25, 0.3) is 0 Å². The summed E-state index contributed by atoms with van der Waals surface area (Å²) in [7, 11) is 0. The van der Waals surface area contributed by atoms with E-state index in [2.05, 4.69) is 50.8 Å². The fourth-order valence-electron chi connectivity index (χ4n) is 3.79. The molecule has 0 radical (unpaired) electrons. The molecule has 0 heterocycles. The molecule has 28 heavy (non-hydrogen) atoms. The normalized spacial score (nSPS) is 17.1. The van der Waals surface area contributed by atoms with Crippen LogP contribution in [-0.2, 0) is 10.2 Å². The van der Waals surface area contributed by atoms with Gasteiger partial charge in [-0.3, -0.25) is 0 Å². The molecule has 0 fully saturated rings. The fraction of sp³-hybridized carbons (Fsp3) is 0.360. The summed E-state index contributed by atoms with van der Waals surface area (Å²) >= 11 is 5.50. The van der Waals surface area contributed by atoms with Crippen molar-refractivity contribution in [3.05, 3.63) is 70.3 Å². The highest BCUT2D eigenvalue weighted by Gasteiger charge is 2.33. The molecule has 1 atom stereocenters. The van der Waals surface area contributed by atoms with Gasteiger partial charge in [0.2, 0.25) is 0 Å². The SMILES string of the molecule is CCOC(=O)c1ccc(C#Cc2ccc3c(c2)C(C)(C)CCC3C(C)=S)cc1. The maximum atomic E-state index is 11.7. The first-order valence-corrected chi connectivity index (χ1v) is 10.2. The number of fused-ring (bicyclic) bond motifs is 1. The number of benzene rings is 2. The Hall–Kier alpha value is -2.44. The number of hydrogen-bond acceptors (Lipinski definition) is 3. The fourth-order valence-corrected chi connectivity index (χ4v) is 4.03. The van der Waals surface area contributed by atoms with Crippen LogP contribution in [0.15, 0.2) is 42.5 Å². The van der Waals surface area contributed by atoms with Crippen LogP contribution in [0.1, 0.15) is 79.1 Å². The van der Waals surface area contributed by atoms with Gasteiger partial charge in [-0.05, 0) is 84.5 Å². The largest absolute Gasteiger partial charge is 0.462 e. The van der Waals surface area contributed by atoms with Gasteiger partial charge in [0.05, 0.1) is 12.2 Å². The minimum absolute atomic E-state index is 0.135. The van der Waals surface area contributed by atoms with Crippen molar-refractivity contribution in [2.45, 2.75) is 51.9 Å². The standard InChI is InChI=1S/C25H26O2S/c1-5-27-24(26)20-11-8-18(9-12-20)6-7-19-10-13-22-21(17(2)28)14-15-25(3,4)23(22)16-19/h8-13,16,21H,5,14-15H2,1-4H3. The molecule has 0 spiro atoms. The molecule has 2 aromatic carbocycles. The number of rotatable bonds is 3. The quantitative estimate of drug-likeness (QED) is 0.376. The first-order valence-electron chi connectivity index (χ1n) is 9.76. The van der Waals surface area contributed by atoms with E-state index < -0.39 is 0 Å². The van der Waals surface area contributed by atoms with Crippen LogP contribution in [0.2, 0.25) is 0 Å². The third-order valence-electron chi connectivity index (χ3n) is 5.45. The van der Waals surface area contributed by atoms with Crippen LogP contribution in [0.3, 0.4) is 0 Å². The van der Waals surface area contributed by atoms with Crippen LogP contribution >= 0.6 is 12.2 Å². The number of carbonyl (C=O) groups excluding carboxylic acids is 1. The highest BCUT2D eigenvalue weighted by molar-refractivity contribution is 7.80. The summed E-state index contributed by atoms with van der Waals surface area (Å²) in [6.45, 7) is 8.82. The zero-order valence-corrected chi connectivity index (χ0v) is 17.8. The van der Waals surface area contributed by atoms with Crippen LogP contribution in [-0.4, -0.2) is 17.4 Å². The van der Waals surface area contributed by atoms with Crippen LogP contribution in [0.4, 0.5) is 0 Å². The molecule has 2 nitrogen and oxygen atoms in total. The topological polar surface area (TPSA) is 26.3 Å². The maximum Gasteiger partial charge on any atom is 0.338 e. The Kier molecular flexibility index (Phi) is 6.01. The average molecular weight is 391 g/mol. The van der Waals surface area contributed by atoms with Crippen molar-refractivity contribution in [2.75, 3.05) is 6.61 Å². The lowest BCUT2D eigenvalue weighted by Crippen LogP contribution is -2.28. The third-order valence-corrected chi connectivity index (χ3v) is 5.74. The van der Waals surface area contributed by atoms with Gasteiger partial charge >= 0.3 is 5.97 Å². The summed E-state index contributed by atoms with van der Waals surface area (Å²) in [4.78, 5) is 12.8. The number of thiocarbonyl (C=S) groups is 1. The van der Waals surface area contributed by atoms with Gasteiger partial charge in [0.1, 0.15) is 0 Å². The van der Waals surface area contributed by atoms with Crippen molar-refractivity contribution in [1.82, 2.24) is 0 Å². The van der Waals surface area contributed by atoms with E-state index in [1.54, 1.807) is 19.1 Å². The lowest BCUT2D eigenvalue weighted by molar-refractivity contribution is 0.0526. The Labute approximate surface area is 173 Å². The van der Waals surface area contributed by atoms with Gasteiger partial charge in [-0.25, -0.2) is 4.79 Å². The molecule has 0 aromatic heterocycles. The van der Waals surface area contributed by atoms with E-state index >= 15 is 0 Å². The first kappa shape index (κ1) is 20.3. The Morgan fingerprint density at radius 2 is 1.79 bits per heavy atom. The van der Waals surface area contributed by atoms with E-state index in [0.717, 1.165) is 28.8 Å². The minimum atomic E-state index is -0.303. The van der Waals surface area contributed by atoms with Gasteiger partial charge in [-0.15, -0.1) is 0 Å². The molecule has 3 heteroatoms. The first-order chi connectivity index (χ1) is 13.3. The van der Waals surface area contributed by atoms with E-state index in [4.69, 9.17) is 17.0 Å². The monoisotopic (exact) mass is 390 g/mol. The predicted molar refractivity (Wildman–Crippen MR) is 118 cm³/mol. The smallest absolute Gasteiger partial charge is 0.338 e. The van der Waals surface area contributed by atoms with E-state index in [9.17, 15) is 4.79 Å². The summed E-state index contributed by atoms with van der Waals surface area (Å²) in [6.07, 6.45) is 2.25. The third kappa shape index (κ3) is 4.34. The maximum absolute atomic E-state index is 11.7. The van der Waals surface area contributed by atoms with Gasteiger partial charge in [0, 0.05) is 17.0 Å². The zero-order chi connectivity index (χ0) is 20.3. The molecule has 144 valence electrons. The van der Waals surface area contributed by atoms with Crippen molar-refractivity contribution >= 4 is 23.1 Å². The van der Waals surface area contributed by atoms with Gasteiger partial charge in [-0.1, -0.05) is 44.0 Å².